The van der Waals surface area contributed by atoms with Crippen molar-refractivity contribution in [2.75, 3.05) is 5.73 Å². The van der Waals surface area contributed by atoms with Crippen LogP contribution in [0.2, 0.25) is 0 Å². The number of imidazole rings is 1. The smallest absolute Gasteiger partial charge is 0.399 e. The van der Waals surface area contributed by atoms with Crippen LogP contribution in [0.25, 0.3) is 5.69 Å². The third-order valence-corrected chi connectivity index (χ3v) is 1.74. The van der Waals surface area contributed by atoms with E-state index in [-0.39, 0.29) is 0 Å². The summed E-state index contributed by atoms with van der Waals surface area (Å²) >= 11 is 0. The van der Waals surface area contributed by atoms with Gasteiger partial charge >= 0.3 is 6.18 Å². The van der Waals surface area contributed by atoms with Gasteiger partial charge in [-0.15, -0.1) is 0 Å². The Kier molecular flexibility index (Phi) is 1.14. The van der Waals surface area contributed by atoms with Crippen LogP contribution in [-0.2, 0) is 6.18 Å². The average Bonchev–Trinajstić information content (AvgIpc) is 2.72. The Morgan fingerprint density at radius 3 is 2.76 bits per heavy atom. The van der Waals surface area contributed by atoms with Gasteiger partial charge in [0.05, 0.1) is 23.0 Å². The number of nitrogens with zero attached hydrogens (tertiary/aromatic N) is 2. The lowest BCUT2D eigenvalue weighted by molar-refractivity contribution is -0.137. The molecule has 1 aromatic heterocycles. The molecule has 0 bridgehead atoms. The number of aromatic nitrogens is 2. The predicted octanol–water partition coefficient (Wildman–Crippen LogP) is 2.78. The van der Waals surface area contributed by atoms with Crippen molar-refractivity contribution in [2.24, 2.45) is 0 Å². The number of benzene rings is 1. The van der Waals surface area contributed by atoms with Crippen molar-refractivity contribution in [3.63, 3.8) is 0 Å². The Morgan fingerprint density at radius 1 is 1.41 bits per heavy atom. The number of alkyl halides is 3. The molecule has 0 saturated carbocycles. The molecule has 2 N–H and O–H groups in total. The van der Waals surface area contributed by atoms with Crippen LogP contribution in [0.15, 0.2) is 30.6 Å². The highest BCUT2D eigenvalue weighted by Gasteiger charge is 2.31. The van der Waals surface area contributed by atoms with E-state index in [0.717, 1.165) is 0 Å². The van der Waals surface area contributed by atoms with Crippen molar-refractivity contribution in [3.05, 3.63) is 41.9 Å². The number of nitrogen functional groups attached to an aromatic ring is 1. The number of hydrogen-bond acceptors (Lipinski definition) is 2. The predicted molar refractivity (Wildman–Crippen MR) is 57.7 cm³/mol. The molecule has 0 radical (unpaired) electrons. The first-order valence-electron chi connectivity index (χ1n) is 8.22. The van der Waals surface area contributed by atoms with Gasteiger partial charge < -0.3 is 10.3 Å². The van der Waals surface area contributed by atoms with Crippen LogP contribution in [0.5, 0.6) is 0 Å². The molecule has 6 heteroatoms. The van der Waals surface area contributed by atoms with E-state index in [4.69, 9.17) is 16.7 Å². The number of anilines is 1. The number of nitrogens with two attached hydrogens (primary N) is 1. The number of hydrogen-bond donors (Lipinski definition) is 1. The fourth-order valence-electron chi connectivity index (χ4n) is 1.09. The van der Waals surface area contributed by atoms with Crippen LogP contribution in [0.3, 0.4) is 0 Å². The molecule has 0 fully saturated rings. The van der Waals surface area contributed by atoms with Gasteiger partial charge in [-0.25, -0.2) is 4.98 Å². The molecule has 1 aromatic carbocycles. The third kappa shape index (κ3) is 2.41. The quantitative estimate of drug-likeness (QED) is 0.790. The molecule has 2 rings (SSSR count). The molecule has 0 amide bonds. The van der Waals surface area contributed by atoms with E-state index in [1.165, 1.54) is 0 Å². The van der Waals surface area contributed by atoms with Gasteiger partial charge in [0.15, 0.2) is 0 Å². The highest BCUT2D eigenvalue weighted by molar-refractivity contribution is 5.51. The fraction of sp³-hybridized carbons (Fsp3) is 0.182. The highest BCUT2D eigenvalue weighted by Crippen LogP contribution is 2.32. The molecule has 0 aliphatic carbocycles. The number of rotatable bonds is 1. The molecule has 0 atom stereocenters. The molecule has 2 aromatic rings. The first-order valence-corrected chi connectivity index (χ1v) is 4.22. The number of aryl methyl sites for hydroxylation is 1. The standard InChI is InChI=1S/C11H10F3N3/c1-7-5-17(6-16-7)10-3-8(11(12,13)14)2-9(15)4-10/h2-6H,15H2,1H3/i1D3,2D,3D,4D,5D,6D. The van der Waals surface area contributed by atoms with Gasteiger partial charge in [0, 0.05) is 21.7 Å². The molecule has 0 aliphatic rings. The zero-order chi connectivity index (χ0) is 19.5. The summed E-state index contributed by atoms with van der Waals surface area (Å²) in [6.07, 6.45) is -7.05. The molecule has 0 saturated heterocycles. The summed E-state index contributed by atoms with van der Waals surface area (Å²) < 4.78 is 99.8. The van der Waals surface area contributed by atoms with Crippen LogP contribution in [-0.4, -0.2) is 9.55 Å². The van der Waals surface area contributed by atoms with Crippen LogP contribution in [0.1, 0.15) is 22.2 Å². The second kappa shape index (κ2) is 3.80. The molecular formula is C11H10F3N3. The van der Waals surface area contributed by atoms with Crippen molar-refractivity contribution in [1.29, 1.82) is 0 Å². The van der Waals surface area contributed by atoms with Crippen LogP contribution in [0.4, 0.5) is 18.9 Å². The summed E-state index contributed by atoms with van der Waals surface area (Å²) in [6, 6.07) is -3.55. The van der Waals surface area contributed by atoms with Crippen LogP contribution >= 0.6 is 0 Å². The lowest BCUT2D eigenvalue weighted by Crippen LogP contribution is -2.07. The SMILES string of the molecule is [2H]c1c(N)c([2H])c(C(F)(F)F)c([2H])c1-n1c([2H])nc(C([2H])([2H])[2H])c1[2H]. The van der Waals surface area contributed by atoms with Crippen molar-refractivity contribution < 1.29 is 24.1 Å². The summed E-state index contributed by atoms with van der Waals surface area (Å²) in [5.74, 6) is 0. The van der Waals surface area contributed by atoms with E-state index in [9.17, 15) is 13.2 Å². The molecular weight excluding hydrogens is 231 g/mol. The Bertz CT molecular complexity index is 856. The fourth-order valence-corrected chi connectivity index (χ4v) is 1.09. The Balaban J connectivity index is 2.96. The van der Waals surface area contributed by atoms with Crippen molar-refractivity contribution in [3.8, 4) is 5.69 Å². The first-order chi connectivity index (χ1) is 11.2. The van der Waals surface area contributed by atoms with Gasteiger partial charge in [-0.05, 0) is 25.0 Å². The van der Waals surface area contributed by atoms with E-state index in [1.807, 2.05) is 0 Å². The van der Waals surface area contributed by atoms with E-state index < -0.39 is 66.3 Å². The Hall–Kier alpha value is -1.98. The molecule has 1 heterocycles. The van der Waals surface area contributed by atoms with E-state index >= 15 is 0 Å². The topological polar surface area (TPSA) is 43.8 Å². The maximum atomic E-state index is 13.1. The zero-order valence-electron chi connectivity index (χ0n) is 16.1. The molecule has 0 unspecified atom stereocenters. The first kappa shape index (κ1) is 5.12. The Morgan fingerprint density at radius 2 is 2.18 bits per heavy atom. The summed E-state index contributed by atoms with van der Waals surface area (Å²) in [5.41, 5.74) is 0.893. The van der Waals surface area contributed by atoms with Crippen LogP contribution < -0.4 is 5.73 Å². The molecule has 0 spiro atoms. The largest absolute Gasteiger partial charge is 0.416 e. The minimum Gasteiger partial charge on any atom is -0.399 e. The molecule has 90 valence electrons. The van der Waals surface area contributed by atoms with Gasteiger partial charge in [0.2, 0.25) is 0 Å². The molecule has 17 heavy (non-hydrogen) atoms. The minimum atomic E-state index is -5.15. The van der Waals surface area contributed by atoms with Crippen molar-refractivity contribution in [1.82, 2.24) is 9.55 Å². The van der Waals surface area contributed by atoms with Gasteiger partial charge in [-0.2, -0.15) is 13.2 Å². The van der Waals surface area contributed by atoms with Gasteiger partial charge in [-0.1, -0.05) is 0 Å². The maximum absolute atomic E-state index is 13.1. The van der Waals surface area contributed by atoms with Gasteiger partial charge in [0.1, 0.15) is 1.37 Å². The van der Waals surface area contributed by atoms with Crippen molar-refractivity contribution in [2.45, 2.75) is 13.0 Å². The lowest BCUT2D eigenvalue weighted by Gasteiger charge is -2.10. The second-order valence-electron chi connectivity index (χ2n) is 3.02. The van der Waals surface area contributed by atoms with E-state index in [1.54, 1.807) is 0 Å². The summed E-state index contributed by atoms with van der Waals surface area (Å²) in [7, 11) is 0. The average molecular weight is 249 g/mol. The van der Waals surface area contributed by atoms with Gasteiger partial charge in [0.25, 0.3) is 0 Å². The third-order valence-electron chi connectivity index (χ3n) is 1.74. The minimum absolute atomic E-state index is 0.317. The lowest BCUT2D eigenvalue weighted by atomic mass is 10.1. The van der Waals surface area contributed by atoms with Crippen LogP contribution in [0, 0.1) is 6.85 Å². The molecule has 3 nitrogen and oxygen atoms in total. The van der Waals surface area contributed by atoms with Gasteiger partial charge in [-0.3, -0.25) is 0 Å². The van der Waals surface area contributed by atoms with E-state index in [0.29, 0.717) is 4.57 Å². The number of halogens is 3. The Labute approximate surface area is 107 Å². The summed E-state index contributed by atoms with van der Waals surface area (Å²) in [4.78, 5) is 3.33. The van der Waals surface area contributed by atoms with E-state index in [2.05, 4.69) is 4.98 Å². The maximum Gasteiger partial charge on any atom is 0.416 e. The summed E-state index contributed by atoms with van der Waals surface area (Å²) in [6.45, 7) is -2.92. The monoisotopic (exact) mass is 249 g/mol. The zero-order valence-corrected chi connectivity index (χ0v) is 8.11. The van der Waals surface area contributed by atoms with Crippen molar-refractivity contribution >= 4 is 5.69 Å². The molecule has 0 aliphatic heterocycles. The second-order valence-corrected chi connectivity index (χ2v) is 3.02. The summed E-state index contributed by atoms with van der Waals surface area (Å²) in [5, 5.41) is 0. The normalized spacial score (nSPS) is 19.2. The highest BCUT2D eigenvalue weighted by atomic mass is 19.4.